The van der Waals surface area contributed by atoms with Crippen LogP contribution in [0.4, 0.5) is 14.5 Å². The zero-order chi connectivity index (χ0) is 18.8. The van der Waals surface area contributed by atoms with Crippen molar-refractivity contribution in [3.8, 4) is 11.5 Å². The molecule has 0 aliphatic rings. The number of anilines is 1. The van der Waals surface area contributed by atoms with Crippen LogP contribution >= 0.6 is 0 Å². The van der Waals surface area contributed by atoms with Gasteiger partial charge in [-0.1, -0.05) is 43.3 Å². The minimum atomic E-state index is -4.00. The van der Waals surface area contributed by atoms with Gasteiger partial charge in [-0.2, -0.15) is 0 Å². The van der Waals surface area contributed by atoms with Crippen LogP contribution in [0, 0.1) is 30.0 Å². The Labute approximate surface area is 148 Å². The summed E-state index contributed by atoms with van der Waals surface area (Å²) in [5, 5.41) is 0. The molecule has 0 amide bonds. The van der Waals surface area contributed by atoms with E-state index in [9.17, 15) is 17.2 Å². The zero-order valence-electron chi connectivity index (χ0n) is 14.4. The van der Waals surface area contributed by atoms with E-state index in [-0.39, 0.29) is 10.5 Å². The predicted molar refractivity (Wildman–Crippen MR) is 98.6 cm³/mol. The highest BCUT2D eigenvalue weighted by Gasteiger charge is 2.19. The Bertz CT molecular complexity index is 954. The van der Waals surface area contributed by atoms with Crippen LogP contribution in [0.3, 0.4) is 0 Å². The maximum absolute atomic E-state index is 14.2. The average Bonchev–Trinajstić information content (AvgIpc) is 2.50. The zero-order valence-corrected chi connectivity index (χ0v) is 16.3. The summed E-state index contributed by atoms with van der Waals surface area (Å²) >= 11 is 0. The predicted octanol–water partition coefficient (Wildman–Crippen LogP) is 4.30. The van der Waals surface area contributed by atoms with Gasteiger partial charge in [-0.05, 0) is 31.2 Å². The summed E-state index contributed by atoms with van der Waals surface area (Å²) in [5.74, 6) is 0.218. The van der Waals surface area contributed by atoms with Crippen LogP contribution in [-0.2, 0) is 10.0 Å². The number of hydrogen-bond donors (Lipinski definition) is 1. The third-order valence-corrected chi connectivity index (χ3v) is 5.49. The van der Waals surface area contributed by atoms with Crippen molar-refractivity contribution in [2.75, 3.05) is 4.72 Å². The standard InChI is InChI=1S/C18H19F2NO2SSi/c1-13-5-8-15(9-6-13)24(22,23)21-16-10-7-14(17(19)18(16)20)11-12-25(2,3)4/h5-10,21H,1-4H3. The molecular formula is C18H19F2NO2SSi. The number of rotatable bonds is 3. The first-order valence-corrected chi connectivity index (χ1v) is 12.6. The van der Waals surface area contributed by atoms with Gasteiger partial charge in [0.2, 0.25) is 0 Å². The highest BCUT2D eigenvalue weighted by atomic mass is 32.2. The Morgan fingerprint density at radius 1 is 0.960 bits per heavy atom. The quantitative estimate of drug-likeness (QED) is 0.638. The van der Waals surface area contributed by atoms with Crippen molar-refractivity contribution >= 4 is 23.8 Å². The Hall–Kier alpha value is -2.17. The molecule has 0 spiro atoms. The van der Waals surface area contributed by atoms with E-state index in [2.05, 4.69) is 16.2 Å². The summed E-state index contributed by atoms with van der Waals surface area (Å²) < 4.78 is 55.1. The third-order valence-electron chi connectivity index (χ3n) is 3.23. The van der Waals surface area contributed by atoms with Crippen molar-refractivity contribution in [1.82, 2.24) is 0 Å². The van der Waals surface area contributed by atoms with Gasteiger partial charge in [0.15, 0.2) is 11.6 Å². The highest BCUT2D eigenvalue weighted by molar-refractivity contribution is 7.92. The monoisotopic (exact) mass is 379 g/mol. The van der Waals surface area contributed by atoms with Crippen molar-refractivity contribution in [2.45, 2.75) is 31.5 Å². The number of sulfonamides is 1. The van der Waals surface area contributed by atoms with Gasteiger partial charge in [0.1, 0.15) is 8.07 Å². The molecule has 25 heavy (non-hydrogen) atoms. The Morgan fingerprint density at radius 3 is 2.12 bits per heavy atom. The summed E-state index contributed by atoms with van der Waals surface area (Å²) in [6.07, 6.45) is 0. The van der Waals surface area contributed by atoms with Gasteiger partial charge in [0.05, 0.1) is 16.1 Å². The molecule has 132 valence electrons. The minimum Gasteiger partial charge on any atom is -0.277 e. The second kappa shape index (κ2) is 6.98. The molecule has 3 nitrogen and oxygen atoms in total. The summed E-state index contributed by atoms with van der Waals surface area (Å²) in [5.41, 5.74) is 3.31. The molecule has 0 heterocycles. The van der Waals surface area contributed by atoms with Crippen molar-refractivity contribution < 1.29 is 17.2 Å². The summed E-state index contributed by atoms with van der Waals surface area (Å²) in [6, 6.07) is 8.51. The van der Waals surface area contributed by atoms with Crippen LogP contribution in [0.2, 0.25) is 19.6 Å². The van der Waals surface area contributed by atoms with Gasteiger partial charge in [-0.15, -0.1) is 5.54 Å². The summed E-state index contributed by atoms with van der Waals surface area (Å²) in [7, 11) is -5.75. The smallest absolute Gasteiger partial charge is 0.261 e. The lowest BCUT2D eigenvalue weighted by molar-refractivity contribution is 0.509. The molecule has 1 N–H and O–H groups in total. The fourth-order valence-electron chi connectivity index (χ4n) is 1.90. The Kier molecular flexibility index (Phi) is 5.35. The van der Waals surface area contributed by atoms with Crippen LogP contribution in [0.1, 0.15) is 11.1 Å². The molecule has 0 aromatic heterocycles. The number of halogens is 2. The largest absolute Gasteiger partial charge is 0.277 e. The number of nitrogens with one attached hydrogen (secondary N) is 1. The molecule has 0 saturated heterocycles. The van der Waals surface area contributed by atoms with Crippen molar-refractivity contribution in [2.24, 2.45) is 0 Å². The summed E-state index contributed by atoms with van der Waals surface area (Å²) in [4.78, 5) is -0.0273. The number of aryl methyl sites for hydroxylation is 1. The van der Waals surface area contributed by atoms with Gasteiger partial charge in [-0.3, -0.25) is 4.72 Å². The van der Waals surface area contributed by atoms with Gasteiger partial charge in [0.25, 0.3) is 10.0 Å². The van der Waals surface area contributed by atoms with E-state index in [1.807, 2.05) is 26.6 Å². The second-order valence-corrected chi connectivity index (χ2v) is 13.1. The van der Waals surface area contributed by atoms with Crippen LogP contribution < -0.4 is 4.72 Å². The van der Waals surface area contributed by atoms with Crippen molar-refractivity contribution in [1.29, 1.82) is 0 Å². The third kappa shape index (κ3) is 4.90. The first kappa shape index (κ1) is 19.2. The molecule has 0 aliphatic heterocycles. The van der Waals surface area contributed by atoms with E-state index in [0.717, 1.165) is 5.56 Å². The highest BCUT2D eigenvalue weighted by Crippen LogP contribution is 2.23. The fraction of sp³-hybridized carbons (Fsp3) is 0.222. The number of benzene rings is 2. The molecule has 0 atom stereocenters. The van der Waals surface area contributed by atoms with E-state index in [1.165, 1.54) is 24.3 Å². The topological polar surface area (TPSA) is 46.2 Å². The molecule has 0 aliphatic carbocycles. The molecule has 7 heteroatoms. The maximum Gasteiger partial charge on any atom is 0.261 e. The molecule has 0 fully saturated rings. The molecule has 0 unspecified atom stereocenters. The van der Waals surface area contributed by atoms with Crippen LogP contribution in [-0.4, -0.2) is 16.5 Å². The van der Waals surface area contributed by atoms with Crippen LogP contribution in [0.15, 0.2) is 41.3 Å². The first-order valence-electron chi connectivity index (χ1n) is 7.60. The fourth-order valence-corrected chi connectivity index (χ4v) is 3.47. The lowest BCUT2D eigenvalue weighted by Crippen LogP contribution is -2.16. The van der Waals surface area contributed by atoms with E-state index in [4.69, 9.17) is 0 Å². The van der Waals surface area contributed by atoms with E-state index < -0.39 is 35.4 Å². The lowest BCUT2D eigenvalue weighted by Gasteiger charge is -2.10. The minimum absolute atomic E-state index is 0.0273. The van der Waals surface area contributed by atoms with E-state index in [0.29, 0.717) is 0 Å². The molecule has 0 radical (unpaired) electrons. The van der Waals surface area contributed by atoms with Crippen molar-refractivity contribution in [3.05, 3.63) is 59.2 Å². The van der Waals surface area contributed by atoms with E-state index >= 15 is 0 Å². The second-order valence-electron chi connectivity index (χ2n) is 6.71. The SMILES string of the molecule is Cc1ccc(S(=O)(=O)Nc2ccc(C#C[Si](C)(C)C)c(F)c2F)cc1. The Morgan fingerprint density at radius 2 is 1.56 bits per heavy atom. The molecular weight excluding hydrogens is 360 g/mol. The molecule has 2 aromatic carbocycles. The van der Waals surface area contributed by atoms with Gasteiger partial charge >= 0.3 is 0 Å². The number of hydrogen-bond acceptors (Lipinski definition) is 2. The Balaban J connectivity index is 2.36. The van der Waals surface area contributed by atoms with Gasteiger partial charge < -0.3 is 0 Å². The normalized spacial score (nSPS) is 11.6. The van der Waals surface area contributed by atoms with Gasteiger partial charge in [0, 0.05) is 0 Å². The molecule has 2 aromatic rings. The van der Waals surface area contributed by atoms with Crippen molar-refractivity contribution in [3.63, 3.8) is 0 Å². The molecule has 2 rings (SSSR count). The van der Waals surface area contributed by atoms with Gasteiger partial charge in [-0.25, -0.2) is 17.2 Å². The van der Waals surface area contributed by atoms with Crippen LogP contribution in [0.25, 0.3) is 0 Å². The van der Waals surface area contributed by atoms with Crippen LogP contribution in [0.5, 0.6) is 0 Å². The summed E-state index contributed by atoms with van der Waals surface area (Å²) in [6.45, 7) is 7.77. The van der Waals surface area contributed by atoms with E-state index in [1.54, 1.807) is 12.1 Å². The maximum atomic E-state index is 14.2. The molecule has 0 bridgehead atoms. The molecule has 0 saturated carbocycles. The lowest BCUT2D eigenvalue weighted by atomic mass is 10.2. The average molecular weight is 380 g/mol. The first-order chi connectivity index (χ1) is 11.5.